The quantitative estimate of drug-likeness (QED) is 0.541. The van der Waals surface area contributed by atoms with Crippen molar-refractivity contribution < 1.29 is 14.3 Å². The summed E-state index contributed by atoms with van der Waals surface area (Å²) in [5.74, 6) is -1.05. The second-order valence-electron chi connectivity index (χ2n) is 4.21. The summed E-state index contributed by atoms with van der Waals surface area (Å²) in [6, 6.07) is 0. The molecule has 88 valence electrons. The molecule has 0 spiro atoms. The van der Waals surface area contributed by atoms with Crippen LogP contribution in [0.2, 0.25) is 0 Å². The molecule has 0 saturated carbocycles. The molecule has 3 nitrogen and oxygen atoms in total. The molecule has 17 heavy (non-hydrogen) atoms. The lowest BCUT2D eigenvalue weighted by Crippen LogP contribution is -2.16. The largest absolute Gasteiger partial charge is 0.386 e. The first-order valence-electron chi connectivity index (χ1n) is 5.58. The minimum atomic E-state index is -0.523. The molecule has 0 aliphatic heterocycles. The minimum absolute atomic E-state index is 0.523. The molecule has 2 rings (SSSR count). The molecule has 0 aromatic rings. The van der Waals surface area contributed by atoms with Gasteiger partial charge in [0.15, 0.2) is 0 Å². The highest BCUT2D eigenvalue weighted by Crippen LogP contribution is 2.23. The molecule has 0 radical (unpaired) electrons. The first-order valence-corrected chi connectivity index (χ1v) is 5.58. The zero-order valence-electron chi connectivity index (χ0n) is 9.95. The Morgan fingerprint density at radius 3 is 1.65 bits per heavy atom. The number of esters is 2. The Balaban J connectivity index is 2.04. The van der Waals surface area contributed by atoms with Crippen LogP contribution >= 0.6 is 0 Å². The molecule has 2 aliphatic rings. The fourth-order valence-electron chi connectivity index (χ4n) is 1.93. The van der Waals surface area contributed by atoms with Gasteiger partial charge in [-0.3, -0.25) is 0 Å². The monoisotopic (exact) mass is 230 g/mol. The molecule has 0 aromatic carbocycles. The Morgan fingerprint density at radius 1 is 0.941 bits per heavy atom. The van der Waals surface area contributed by atoms with Crippen LogP contribution in [0.4, 0.5) is 0 Å². The van der Waals surface area contributed by atoms with E-state index in [0.717, 1.165) is 11.1 Å². The number of carbonyl (C=O) groups excluding carboxylic acids is 2. The van der Waals surface area contributed by atoms with Gasteiger partial charge in [-0.25, -0.2) is 9.59 Å². The average molecular weight is 230 g/mol. The zero-order valence-corrected chi connectivity index (χ0v) is 9.95. The Kier molecular flexibility index (Phi) is 3.09. The van der Waals surface area contributed by atoms with Gasteiger partial charge in [0, 0.05) is 11.1 Å². The van der Waals surface area contributed by atoms with E-state index < -0.39 is 11.9 Å². The van der Waals surface area contributed by atoms with Crippen molar-refractivity contribution in [3.8, 4) is 0 Å². The topological polar surface area (TPSA) is 43.4 Å². The van der Waals surface area contributed by atoms with Crippen molar-refractivity contribution in [2.45, 2.75) is 26.7 Å². The maximum atomic E-state index is 11.7. The van der Waals surface area contributed by atoms with Gasteiger partial charge >= 0.3 is 11.9 Å². The van der Waals surface area contributed by atoms with Crippen LogP contribution in [0.15, 0.2) is 46.6 Å². The first kappa shape index (κ1) is 11.6. The summed E-state index contributed by atoms with van der Waals surface area (Å²) in [6.45, 7) is 3.68. The number of hydrogen-bond acceptors (Lipinski definition) is 3. The molecule has 0 bridgehead atoms. The second-order valence-corrected chi connectivity index (χ2v) is 4.21. The smallest absolute Gasteiger partial charge is 0.342 e. The van der Waals surface area contributed by atoms with Gasteiger partial charge < -0.3 is 4.74 Å². The maximum Gasteiger partial charge on any atom is 0.342 e. The van der Waals surface area contributed by atoms with Gasteiger partial charge in [-0.2, -0.15) is 0 Å². The number of hydrogen-bond donors (Lipinski definition) is 0. The zero-order chi connectivity index (χ0) is 12.4. The van der Waals surface area contributed by atoms with Crippen LogP contribution in [0.1, 0.15) is 26.7 Å². The Morgan fingerprint density at radius 2 is 1.35 bits per heavy atom. The Labute approximate surface area is 100 Å². The number of carbonyl (C=O) groups is 2. The van der Waals surface area contributed by atoms with Gasteiger partial charge in [-0.1, -0.05) is 24.3 Å². The van der Waals surface area contributed by atoms with Crippen LogP contribution in [-0.2, 0) is 14.3 Å². The molecule has 0 saturated heterocycles. The highest BCUT2D eigenvalue weighted by molar-refractivity contribution is 6.03. The molecule has 0 N–H and O–H groups in total. The lowest BCUT2D eigenvalue weighted by molar-refractivity contribution is -0.154. The predicted molar refractivity (Wildman–Crippen MR) is 64.0 cm³/mol. The molecule has 0 amide bonds. The molecular formula is C14H14O3. The molecule has 0 heterocycles. The summed E-state index contributed by atoms with van der Waals surface area (Å²) in [6.07, 6.45) is 8.60. The van der Waals surface area contributed by atoms with Gasteiger partial charge in [-0.15, -0.1) is 0 Å². The van der Waals surface area contributed by atoms with E-state index in [0.29, 0.717) is 24.0 Å². The third kappa shape index (κ3) is 2.28. The summed E-state index contributed by atoms with van der Waals surface area (Å²) in [7, 11) is 0. The van der Waals surface area contributed by atoms with Crippen molar-refractivity contribution in [2.75, 3.05) is 0 Å². The average Bonchev–Trinajstić information content (AvgIpc) is 2.86. The molecule has 0 unspecified atom stereocenters. The van der Waals surface area contributed by atoms with Crippen LogP contribution in [0.3, 0.4) is 0 Å². The fraction of sp³-hybridized carbons (Fsp3) is 0.286. The van der Waals surface area contributed by atoms with Gasteiger partial charge in [-0.05, 0) is 37.8 Å². The van der Waals surface area contributed by atoms with E-state index in [1.54, 1.807) is 0 Å². The SMILES string of the molecule is CC1=C(C(=O)OC(=O)C2=C(C)C=CC2)CC=C1. The third-order valence-corrected chi connectivity index (χ3v) is 3.01. The van der Waals surface area contributed by atoms with E-state index in [2.05, 4.69) is 0 Å². The van der Waals surface area contributed by atoms with Gasteiger partial charge in [0.2, 0.25) is 0 Å². The van der Waals surface area contributed by atoms with Gasteiger partial charge in [0.25, 0.3) is 0 Å². The van der Waals surface area contributed by atoms with Crippen molar-refractivity contribution in [3.05, 3.63) is 46.6 Å². The molecule has 0 aromatic heterocycles. The fourth-order valence-corrected chi connectivity index (χ4v) is 1.93. The van der Waals surface area contributed by atoms with E-state index in [4.69, 9.17) is 4.74 Å². The van der Waals surface area contributed by atoms with Gasteiger partial charge in [0.1, 0.15) is 0 Å². The molecule has 2 aliphatic carbocycles. The second kappa shape index (κ2) is 4.53. The lowest BCUT2D eigenvalue weighted by atomic mass is 10.1. The number of allylic oxidation sites excluding steroid dienone is 6. The highest BCUT2D eigenvalue weighted by atomic mass is 16.6. The Bertz CT molecular complexity index is 456. The van der Waals surface area contributed by atoms with Crippen molar-refractivity contribution >= 4 is 11.9 Å². The van der Waals surface area contributed by atoms with Crippen molar-refractivity contribution in [2.24, 2.45) is 0 Å². The normalized spacial score (nSPS) is 18.2. The minimum Gasteiger partial charge on any atom is -0.386 e. The van der Waals surface area contributed by atoms with Gasteiger partial charge in [0.05, 0.1) is 0 Å². The third-order valence-electron chi connectivity index (χ3n) is 3.01. The molecule has 0 atom stereocenters. The number of rotatable bonds is 2. The molecule has 0 fully saturated rings. The van der Waals surface area contributed by atoms with Crippen LogP contribution in [0, 0.1) is 0 Å². The molecular weight excluding hydrogens is 216 g/mol. The van der Waals surface area contributed by atoms with E-state index in [1.165, 1.54) is 0 Å². The van der Waals surface area contributed by atoms with E-state index in [1.807, 2.05) is 38.2 Å². The van der Waals surface area contributed by atoms with Crippen molar-refractivity contribution in [1.82, 2.24) is 0 Å². The summed E-state index contributed by atoms with van der Waals surface area (Å²) in [5, 5.41) is 0. The van der Waals surface area contributed by atoms with Crippen molar-refractivity contribution in [1.29, 1.82) is 0 Å². The van der Waals surface area contributed by atoms with E-state index in [9.17, 15) is 9.59 Å². The highest BCUT2D eigenvalue weighted by Gasteiger charge is 2.22. The van der Waals surface area contributed by atoms with Crippen LogP contribution in [0.5, 0.6) is 0 Å². The van der Waals surface area contributed by atoms with E-state index >= 15 is 0 Å². The number of ether oxygens (including phenoxy) is 1. The van der Waals surface area contributed by atoms with Crippen LogP contribution in [0.25, 0.3) is 0 Å². The maximum absolute atomic E-state index is 11.7. The van der Waals surface area contributed by atoms with E-state index in [-0.39, 0.29) is 0 Å². The summed E-state index contributed by atoms with van der Waals surface area (Å²) < 4.78 is 4.89. The summed E-state index contributed by atoms with van der Waals surface area (Å²) >= 11 is 0. The van der Waals surface area contributed by atoms with Crippen LogP contribution in [-0.4, -0.2) is 11.9 Å². The predicted octanol–water partition coefficient (Wildman–Crippen LogP) is 2.61. The Hall–Kier alpha value is -1.90. The van der Waals surface area contributed by atoms with Crippen LogP contribution < -0.4 is 0 Å². The standard InChI is InChI=1S/C14H14O3/c1-9-5-3-7-11(9)13(15)17-14(16)12-8-4-6-10(12)2/h3-6H,7-8H2,1-2H3. The first-order chi connectivity index (χ1) is 8.09. The molecule has 3 heteroatoms. The summed E-state index contributed by atoms with van der Waals surface area (Å²) in [4.78, 5) is 23.5. The van der Waals surface area contributed by atoms with Crippen molar-refractivity contribution in [3.63, 3.8) is 0 Å². The summed E-state index contributed by atoms with van der Waals surface area (Å²) in [5.41, 5.74) is 2.89. The lowest BCUT2D eigenvalue weighted by Gasteiger charge is -2.06.